The first-order valence-corrected chi connectivity index (χ1v) is 13.5. The summed E-state index contributed by atoms with van der Waals surface area (Å²) in [5.74, 6) is -0.322. The fraction of sp³-hybridized carbons (Fsp3) is 0.690. The molecular weight excluding hydrogens is 454 g/mol. The SMILES string of the molecule is CCCCN(C(=O)C(CC(C)C)NC(=O)OC(C)(C)C)C(C(=O)NC(C)CCC)c1cccc(C)c1. The van der Waals surface area contributed by atoms with E-state index >= 15 is 0 Å². The molecule has 3 atom stereocenters. The first kappa shape index (κ1) is 31.5. The minimum atomic E-state index is -0.801. The largest absolute Gasteiger partial charge is 0.444 e. The van der Waals surface area contributed by atoms with Crippen LogP contribution in [0.4, 0.5) is 4.79 Å². The summed E-state index contributed by atoms with van der Waals surface area (Å²) in [6, 6.07) is 6.13. The van der Waals surface area contributed by atoms with Gasteiger partial charge in [-0.05, 0) is 65.4 Å². The van der Waals surface area contributed by atoms with Gasteiger partial charge in [0.25, 0.3) is 0 Å². The summed E-state index contributed by atoms with van der Waals surface area (Å²) in [5.41, 5.74) is 1.10. The topological polar surface area (TPSA) is 87.7 Å². The Morgan fingerprint density at radius 2 is 1.69 bits per heavy atom. The number of carbonyl (C=O) groups excluding carboxylic acids is 3. The molecule has 0 radical (unpaired) electrons. The summed E-state index contributed by atoms with van der Waals surface area (Å²) in [5, 5.41) is 5.91. The molecule has 0 saturated heterocycles. The van der Waals surface area contributed by atoms with Gasteiger partial charge < -0.3 is 20.3 Å². The van der Waals surface area contributed by atoms with Gasteiger partial charge in [-0.2, -0.15) is 0 Å². The number of nitrogens with zero attached hydrogens (tertiary/aromatic N) is 1. The maximum Gasteiger partial charge on any atom is 0.408 e. The molecule has 1 aromatic carbocycles. The highest BCUT2D eigenvalue weighted by Gasteiger charge is 2.36. The molecule has 0 aliphatic heterocycles. The van der Waals surface area contributed by atoms with Crippen molar-refractivity contribution in [3.05, 3.63) is 35.4 Å². The maximum absolute atomic E-state index is 14.1. The summed E-state index contributed by atoms with van der Waals surface area (Å²) in [6.45, 7) is 17.9. The lowest BCUT2D eigenvalue weighted by atomic mass is 9.97. The molecule has 3 unspecified atom stereocenters. The zero-order valence-electron chi connectivity index (χ0n) is 23.9. The van der Waals surface area contributed by atoms with Crippen LogP contribution in [0.1, 0.15) is 105 Å². The highest BCUT2D eigenvalue weighted by Crippen LogP contribution is 2.26. The van der Waals surface area contributed by atoms with E-state index in [1.807, 2.05) is 52.0 Å². The Morgan fingerprint density at radius 1 is 1.03 bits per heavy atom. The van der Waals surface area contributed by atoms with Gasteiger partial charge in [0.1, 0.15) is 17.7 Å². The Hall–Kier alpha value is -2.57. The van der Waals surface area contributed by atoms with Gasteiger partial charge in [0, 0.05) is 12.6 Å². The molecule has 0 aromatic heterocycles. The summed E-state index contributed by atoms with van der Waals surface area (Å²) in [6.07, 6.45) is 3.22. The summed E-state index contributed by atoms with van der Waals surface area (Å²) < 4.78 is 5.45. The number of aryl methyl sites for hydroxylation is 1. The van der Waals surface area contributed by atoms with Crippen LogP contribution in [-0.2, 0) is 14.3 Å². The molecule has 204 valence electrons. The second-order valence-corrected chi connectivity index (χ2v) is 11.2. The van der Waals surface area contributed by atoms with Crippen molar-refractivity contribution in [3.8, 4) is 0 Å². The second kappa shape index (κ2) is 14.9. The Morgan fingerprint density at radius 3 is 2.22 bits per heavy atom. The first-order chi connectivity index (χ1) is 16.8. The van der Waals surface area contributed by atoms with Crippen LogP contribution in [0.5, 0.6) is 0 Å². The van der Waals surface area contributed by atoms with Crippen molar-refractivity contribution in [2.45, 2.75) is 118 Å². The normalized spacial score (nSPS) is 14.1. The zero-order chi connectivity index (χ0) is 27.5. The van der Waals surface area contributed by atoms with Crippen molar-refractivity contribution in [2.75, 3.05) is 6.54 Å². The van der Waals surface area contributed by atoms with Crippen molar-refractivity contribution in [3.63, 3.8) is 0 Å². The monoisotopic (exact) mass is 503 g/mol. The Bertz CT molecular complexity index is 847. The van der Waals surface area contributed by atoms with Crippen LogP contribution >= 0.6 is 0 Å². The van der Waals surface area contributed by atoms with Crippen molar-refractivity contribution < 1.29 is 19.1 Å². The number of benzene rings is 1. The van der Waals surface area contributed by atoms with E-state index in [-0.39, 0.29) is 23.8 Å². The van der Waals surface area contributed by atoms with Gasteiger partial charge in [0.05, 0.1) is 0 Å². The molecule has 2 N–H and O–H groups in total. The maximum atomic E-state index is 14.1. The van der Waals surface area contributed by atoms with Gasteiger partial charge >= 0.3 is 6.09 Å². The van der Waals surface area contributed by atoms with Gasteiger partial charge in [-0.3, -0.25) is 9.59 Å². The lowest BCUT2D eigenvalue weighted by Gasteiger charge is -2.35. The number of carbonyl (C=O) groups is 3. The minimum Gasteiger partial charge on any atom is -0.444 e. The van der Waals surface area contributed by atoms with Gasteiger partial charge in [-0.25, -0.2) is 4.79 Å². The van der Waals surface area contributed by atoms with E-state index in [1.165, 1.54) is 0 Å². The van der Waals surface area contributed by atoms with Crippen LogP contribution in [0.2, 0.25) is 0 Å². The quantitative estimate of drug-likeness (QED) is 0.350. The number of ether oxygens (including phenoxy) is 1. The third-order valence-electron chi connectivity index (χ3n) is 5.76. The molecule has 7 heteroatoms. The number of unbranched alkanes of at least 4 members (excludes halogenated alkanes) is 1. The number of hydrogen-bond donors (Lipinski definition) is 2. The molecule has 0 heterocycles. The molecule has 0 saturated carbocycles. The fourth-order valence-electron chi connectivity index (χ4n) is 4.18. The summed E-state index contributed by atoms with van der Waals surface area (Å²) >= 11 is 0. The van der Waals surface area contributed by atoms with Crippen molar-refractivity contribution in [1.29, 1.82) is 0 Å². The van der Waals surface area contributed by atoms with Crippen LogP contribution < -0.4 is 10.6 Å². The van der Waals surface area contributed by atoms with E-state index < -0.39 is 23.8 Å². The van der Waals surface area contributed by atoms with Gasteiger partial charge in [-0.1, -0.05) is 70.4 Å². The molecule has 0 aliphatic rings. The first-order valence-electron chi connectivity index (χ1n) is 13.5. The van der Waals surface area contributed by atoms with Gasteiger partial charge in [0.15, 0.2) is 0 Å². The third kappa shape index (κ3) is 11.0. The molecule has 1 rings (SSSR count). The number of rotatable bonds is 13. The van der Waals surface area contributed by atoms with E-state index in [2.05, 4.69) is 24.5 Å². The molecule has 0 bridgehead atoms. The Labute approximate surface area is 218 Å². The Kier molecular flexibility index (Phi) is 13.0. The number of hydrogen-bond acceptors (Lipinski definition) is 4. The van der Waals surface area contributed by atoms with E-state index in [4.69, 9.17) is 4.74 Å². The molecule has 0 aliphatic carbocycles. The highest BCUT2D eigenvalue weighted by atomic mass is 16.6. The Balaban J connectivity index is 3.46. The number of alkyl carbamates (subject to hydrolysis) is 1. The summed E-state index contributed by atoms with van der Waals surface area (Å²) in [7, 11) is 0. The van der Waals surface area contributed by atoms with Crippen LogP contribution in [0.3, 0.4) is 0 Å². The molecule has 0 fully saturated rings. The number of nitrogens with one attached hydrogen (secondary N) is 2. The molecule has 36 heavy (non-hydrogen) atoms. The van der Waals surface area contributed by atoms with Crippen molar-refractivity contribution in [1.82, 2.24) is 15.5 Å². The highest BCUT2D eigenvalue weighted by molar-refractivity contribution is 5.92. The fourth-order valence-corrected chi connectivity index (χ4v) is 4.18. The average Bonchev–Trinajstić information content (AvgIpc) is 2.74. The van der Waals surface area contributed by atoms with Gasteiger partial charge in [0.2, 0.25) is 11.8 Å². The van der Waals surface area contributed by atoms with Crippen molar-refractivity contribution in [2.24, 2.45) is 5.92 Å². The lowest BCUT2D eigenvalue weighted by Crippen LogP contribution is -2.54. The predicted octanol–water partition coefficient (Wildman–Crippen LogP) is 5.91. The van der Waals surface area contributed by atoms with Crippen molar-refractivity contribution >= 4 is 17.9 Å². The van der Waals surface area contributed by atoms with Crippen LogP contribution in [0.15, 0.2) is 24.3 Å². The molecule has 1 aromatic rings. The molecule has 3 amide bonds. The standard InChI is InChI=1S/C29H49N3O4/c1-10-12-17-32(27(34)24(18-20(3)4)31-28(35)36-29(7,8)9)25(23-16-13-15-21(5)19-23)26(33)30-22(6)14-11-2/h13,15-16,19-20,22,24-25H,10-12,14,17-18H2,1-9H3,(H,30,33)(H,31,35). The molecule has 7 nitrogen and oxygen atoms in total. The molecular formula is C29H49N3O4. The zero-order valence-corrected chi connectivity index (χ0v) is 23.9. The number of amides is 3. The van der Waals surface area contributed by atoms with E-state index in [0.717, 1.165) is 36.8 Å². The van der Waals surface area contributed by atoms with Gasteiger partial charge in [-0.15, -0.1) is 0 Å². The van der Waals surface area contributed by atoms with E-state index in [0.29, 0.717) is 13.0 Å². The second-order valence-electron chi connectivity index (χ2n) is 11.2. The average molecular weight is 504 g/mol. The third-order valence-corrected chi connectivity index (χ3v) is 5.76. The van der Waals surface area contributed by atoms with Crippen LogP contribution in [-0.4, -0.2) is 47.0 Å². The minimum absolute atomic E-state index is 0.00992. The summed E-state index contributed by atoms with van der Waals surface area (Å²) in [4.78, 5) is 42.1. The van der Waals surface area contributed by atoms with E-state index in [9.17, 15) is 14.4 Å². The lowest BCUT2D eigenvalue weighted by molar-refractivity contribution is -0.143. The van der Waals surface area contributed by atoms with E-state index in [1.54, 1.807) is 25.7 Å². The molecule has 0 spiro atoms. The predicted molar refractivity (Wildman–Crippen MR) is 146 cm³/mol. The van der Waals surface area contributed by atoms with Crippen LogP contribution in [0.25, 0.3) is 0 Å². The van der Waals surface area contributed by atoms with Crippen LogP contribution in [0, 0.1) is 12.8 Å². The smallest absolute Gasteiger partial charge is 0.408 e.